The maximum absolute atomic E-state index is 0. The molecule has 5 heavy (non-hydrogen) atoms. The van der Waals surface area contributed by atoms with Gasteiger partial charge >= 0.3 is 27.7 Å². The first-order chi connectivity index (χ1) is 0. The van der Waals surface area contributed by atoms with Crippen molar-refractivity contribution in [3.63, 3.8) is 0 Å². The van der Waals surface area contributed by atoms with Crippen LogP contribution in [0.1, 0.15) is 0 Å². The Balaban J connectivity index is 0. The second-order valence-corrected chi connectivity index (χ2v) is 0. The summed E-state index contributed by atoms with van der Waals surface area (Å²) in [6, 6.07) is 0. The average molecular weight is 441 g/mol. The van der Waals surface area contributed by atoms with Crippen LogP contribution in [0.4, 0.5) is 0 Å². The van der Waals surface area contributed by atoms with Crippen LogP contribution in [0.15, 0.2) is 0 Å². The third-order valence-electron chi connectivity index (χ3n) is 0. The molecule has 0 fully saturated rings. The minimum atomic E-state index is 0. The molecule has 0 aromatic rings. The molecule has 0 aromatic heterocycles. The van der Waals surface area contributed by atoms with Gasteiger partial charge in [-0.15, -0.1) is 0 Å². The summed E-state index contributed by atoms with van der Waals surface area (Å²) in [4.78, 5) is 0. The van der Waals surface area contributed by atoms with Gasteiger partial charge in [0.2, 0.25) is 0 Å². The summed E-state index contributed by atoms with van der Waals surface area (Å²) in [5, 5.41) is 0. The molecule has 0 rings (SSSR count). The molecule has 33 valence electrons. The molecular formula is HgIrO3-4. The minimum Gasteiger partial charge on any atom is -2.00 e. The van der Waals surface area contributed by atoms with Crippen molar-refractivity contribution in [1.82, 2.24) is 0 Å². The van der Waals surface area contributed by atoms with Gasteiger partial charge in [-0.3, -0.25) is 0 Å². The Kier molecular flexibility index (Phi) is 914. The summed E-state index contributed by atoms with van der Waals surface area (Å²) in [5.74, 6) is 0. The van der Waals surface area contributed by atoms with E-state index in [4.69, 9.17) is 0 Å². The first kappa shape index (κ1) is 90.0. The van der Waals surface area contributed by atoms with Crippen molar-refractivity contribution < 1.29 is 64.2 Å². The van der Waals surface area contributed by atoms with Crippen molar-refractivity contribution in [3.05, 3.63) is 0 Å². The summed E-state index contributed by atoms with van der Waals surface area (Å²) in [6.45, 7) is 0. The quantitative estimate of drug-likeness (QED) is 0.461. The molecule has 0 saturated heterocycles. The standard InChI is InChI=1S/Hg.Ir.3O/q+2;;3*-2. The smallest absolute Gasteiger partial charge is 2.00 e. The Morgan fingerprint density at radius 2 is 0.600 bits per heavy atom. The zero-order valence-electron chi connectivity index (χ0n) is 2.27. The maximum atomic E-state index is 0. The monoisotopic (exact) mass is 443 g/mol. The number of hydrogen-bond donors (Lipinski definition) is 0. The van der Waals surface area contributed by atoms with Crippen molar-refractivity contribution in [1.29, 1.82) is 0 Å². The second-order valence-electron chi connectivity index (χ2n) is 0. The Morgan fingerprint density at radius 1 is 0.600 bits per heavy atom. The first-order valence-corrected chi connectivity index (χ1v) is 0. The molecule has 0 aromatic carbocycles. The fourth-order valence-electron chi connectivity index (χ4n) is 0. The molecule has 5 heteroatoms. The third kappa shape index (κ3) is 30.6. The molecule has 0 aliphatic rings. The van der Waals surface area contributed by atoms with Gasteiger partial charge in [-0.2, -0.15) is 0 Å². The molecule has 0 bridgehead atoms. The van der Waals surface area contributed by atoms with Crippen molar-refractivity contribution >= 4 is 0 Å². The SMILES string of the molecule is [Hg+2].[Ir].[O-2].[O-2].[O-2]. The van der Waals surface area contributed by atoms with E-state index in [0.29, 0.717) is 0 Å². The molecule has 0 aliphatic heterocycles. The molecule has 0 spiro atoms. The third-order valence-corrected chi connectivity index (χ3v) is 0. The Hall–Kier alpha value is 1.46. The zero-order chi connectivity index (χ0) is 0. The topological polar surface area (TPSA) is 85.5 Å². The van der Waals surface area contributed by atoms with Gasteiger partial charge in [0.25, 0.3) is 0 Å². The minimum absolute atomic E-state index is 0. The van der Waals surface area contributed by atoms with E-state index in [-0.39, 0.29) is 64.2 Å². The van der Waals surface area contributed by atoms with E-state index < -0.39 is 0 Å². The van der Waals surface area contributed by atoms with Gasteiger partial charge in [-0.05, 0) is 0 Å². The van der Waals surface area contributed by atoms with Gasteiger partial charge in [0.15, 0.2) is 0 Å². The van der Waals surface area contributed by atoms with Crippen molar-refractivity contribution in [2.75, 3.05) is 0 Å². The van der Waals surface area contributed by atoms with E-state index in [1.54, 1.807) is 0 Å². The van der Waals surface area contributed by atoms with Crippen molar-refractivity contribution in [2.45, 2.75) is 0 Å². The van der Waals surface area contributed by atoms with E-state index in [1.807, 2.05) is 0 Å². The fraction of sp³-hybridized carbons (Fsp3) is 0. The summed E-state index contributed by atoms with van der Waals surface area (Å²) in [6.07, 6.45) is 0. The first-order valence-electron chi connectivity index (χ1n) is 0. The molecule has 0 aliphatic carbocycles. The molecule has 0 atom stereocenters. The molecule has 3 nitrogen and oxygen atoms in total. The average Bonchev–Trinajstić information content (AvgIpc) is 0. The summed E-state index contributed by atoms with van der Waals surface area (Å²) < 4.78 is 0. The summed E-state index contributed by atoms with van der Waals surface area (Å²) >= 11 is 0. The zero-order valence-corrected chi connectivity index (χ0v) is 10.2. The van der Waals surface area contributed by atoms with Gasteiger partial charge in [-0.25, -0.2) is 0 Å². The van der Waals surface area contributed by atoms with Gasteiger partial charge in [-0.1, -0.05) is 0 Å². The van der Waals surface area contributed by atoms with Gasteiger partial charge in [0, 0.05) is 20.1 Å². The number of rotatable bonds is 0. The van der Waals surface area contributed by atoms with Crippen LogP contribution in [-0.2, 0) is 64.2 Å². The largest absolute Gasteiger partial charge is 2.00 e. The fourth-order valence-corrected chi connectivity index (χ4v) is 0. The van der Waals surface area contributed by atoms with Gasteiger partial charge in [0.1, 0.15) is 0 Å². The van der Waals surface area contributed by atoms with Crippen LogP contribution >= 0.6 is 0 Å². The van der Waals surface area contributed by atoms with Crippen LogP contribution in [-0.4, -0.2) is 0 Å². The van der Waals surface area contributed by atoms with Crippen LogP contribution in [0.2, 0.25) is 0 Å². The van der Waals surface area contributed by atoms with E-state index >= 15 is 0 Å². The van der Waals surface area contributed by atoms with Crippen molar-refractivity contribution in [2.24, 2.45) is 0 Å². The van der Waals surface area contributed by atoms with Gasteiger partial charge < -0.3 is 16.4 Å². The molecule has 0 heterocycles. The Morgan fingerprint density at radius 3 is 0.600 bits per heavy atom. The van der Waals surface area contributed by atoms with E-state index in [1.165, 1.54) is 0 Å². The number of hydrogen-bond acceptors (Lipinski definition) is 0. The predicted molar refractivity (Wildman–Crippen MR) is 2.06 cm³/mol. The summed E-state index contributed by atoms with van der Waals surface area (Å²) in [5.41, 5.74) is 0. The Bertz CT molecular complexity index is 6.85. The van der Waals surface area contributed by atoms with Crippen LogP contribution in [0.25, 0.3) is 0 Å². The van der Waals surface area contributed by atoms with Crippen molar-refractivity contribution in [3.8, 4) is 0 Å². The molecular weight excluding hydrogens is 441 g/mol. The summed E-state index contributed by atoms with van der Waals surface area (Å²) in [7, 11) is 0. The normalized spacial score (nSPS) is 0. The van der Waals surface area contributed by atoms with Crippen LogP contribution in [0, 0.1) is 0 Å². The second kappa shape index (κ2) is 50.8. The van der Waals surface area contributed by atoms with E-state index in [2.05, 4.69) is 0 Å². The van der Waals surface area contributed by atoms with Crippen LogP contribution in [0.3, 0.4) is 0 Å². The molecule has 0 unspecified atom stereocenters. The molecule has 1 radical (unpaired) electrons. The van der Waals surface area contributed by atoms with E-state index in [0.717, 1.165) is 0 Å². The van der Waals surface area contributed by atoms with Crippen LogP contribution in [0.5, 0.6) is 0 Å². The maximum Gasteiger partial charge on any atom is 2.00 e. The van der Waals surface area contributed by atoms with Crippen LogP contribution < -0.4 is 0 Å². The van der Waals surface area contributed by atoms with E-state index in [9.17, 15) is 0 Å². The molecule has 0 saturated carbocycles. The predicted octanol–water partition coefficient (Wildman–Crippen LogP) is -0.361. The molecule has 0 N–H and O–H groups in total. The molecule has 0 amide bonds. The van der Waals surface area contributed by atoms with Gasteiger partial charge in [0.05, 0.1) is 0 Å². The Labute approximate surface area is 63.9 Å².